The fourth-order valence-corrected chi connectivity index (χ4v) is 0.597. The van der Waals surface area contributed by atoms with Gasteiger partial charge in [0.25, 0.3) is 0 Å². The summed E-state index contributed by atoms with van der Waals surface area (Å²) < 4.78 is 8.99. The van der Waals surface area contributed by atoms with Crippen LogP contribution in [0.2, 0.25) is 0 Å². The Morgan fingerprint density at radius 3 is 2.38 bits per heavy atom. The van der Waals surface area contributed by atoms with Crippen molar-refractivity contribution in [2.45, 2.75) is 20.0 Å². The Balaban J connectivity index is 3.95. The van der Waals surface area contributed by atoms with Crippen molar-refractivity contribution in [3.8, 4) is 0 Å². The summed E-state index contributed by atoms with van der Waals surface area (Å²) in [6.45, 7) is 3.33. The van der Waals surface area contributed by atoms with Crippen LogP contribution in [0.3, 0.4) is 0 Å². The number of carbonyl (C=O) groups excluding carboxylic acids is 2. The van der Waals surface area contributed by atoms with E-state index in [4.69, 9.17) is 9.94 Å². The Morgan fingerprint density at radius 2 is 1.88 bits per heavy atom. The lowest BCUT2D eigenvalue weighted by atomic mass is 10.4. The number of carbonyl (C=O) groups is 2. The predicted octanol–water partition coefficient (Wildman–Crippen LogP) is 0.698. The highest BCUT2D eigenvalue weighted by Crippen LogP contribution is 1.91. The standard InChI is InChI=1S/C9H12NO6/c1-7(2)16-9(12)4-3-8(11)15-6-5-10(13)14/h3-7,13H,1-2H3/q-1/b4-3+,6-5+. The van der Waals surface area contributed by atoms with Gasteiger partial charge in [-0.2, -0.15) is 0 Å². The van der Waals surface area contributed by atoms with Crippen LogP contribution in [0.15, 0.2) is 24.6 Å². The fraction of sp³-hybridized carbons (Fsp3) is 0.333. The summed E-state index contributed by atoms with van der Waals surface area (Å²) >= 11 is 0. The number of hydrogen-bond donors (Lipinski definition) is 1. The predicted molar refractivity (Wildman–Crippen MR) is 52.6 cm³/mol. The first-order chi connectivity index (χ1) is 7.41. The molecule has 0 fully saturated rings. The van der Waals surface area contributed by atoms with Crippen molar-refractivity contribution >= 4 is 11.9 Å². The van der Waals surface area contributed by atoms with E-state index in [0.29, 0.717) is 12.5 Å². The van der Waals surface area contributed by atoms with E-state index in [2.05, 4.69) is 4.74 Å². The molecule has 0 aromatic heterocycles. The van der Waals surface area contributed by atoms with Gasteiger partial charge in [0.05, 0.1) is 6.10 Å². The van der Waals surface area contributed by atoms with Crippen molar-refractivity contribution in [3.63, 3.8) is 0 Å². The van der Waals surface area contributed by atoms with Gasteiger partial charge in [-0.1, -0.05) is 0 Å². The van der Waals surface area contributed by atoms with Crippen LogP contribution < -0.4 is 0 Å². The van der Waals surface area contributed by atoms with Gasteiger partial charge in [0.15, 0.2) is 0 Å². The summed E-state index contributed by atoms with van der Waals surface area (Å²) in [5, 5.41) is 17.5. The van der Waals surface area contributed by atoms with Crippen molar-refractivity contribution in [3.05, 3.63) is 29.8 Å². The average molecular weight is 230 g/mol. The van der Waals surface area contributed by atoms with E-state index in [0.717, 1.165) is 12.2 Å². The van der Waals surface area contributed by atoms with Gasteiger partial charge in [-0.3, -0.25) is 5.21 Å². The normalized spacial score (nSPS) is 11.1. The minimum atomic E-state index is -0.876. The molecule has 0 aromatic rings. The molecule has 0 saturated heterocycles. The highest BCUT2D eigenvalue weighted by molar-refractivity contribution is 5.91. The van der Waals surface area contributed by atoms with Crippen LogP contribution in [-0.2, 0) is 19.1 Å². The van der Waals surface area contributed by atoms with E-state index in [1.54, 1.807) is 13.8 Å². The molecule has 0 aliphatic rings. The van der Waals surface area contributed by atoms with Gasteiger partial charge < -0.3 is 19.9 Å². The number of esters is 2. The smallest absolute Gasteiger partial charge is 0.335 e. The van der Waals surface area contributed by atoms with Crippen LogP contribution in [-0.4, -0.2) is 28.5 Å². The Labute approximate surface area is 92.1 Å². The maximum Gasteiger partial charge on any atom is 0.335 e. The summed E-state index contributed by atoms with van der Waals surface area (Å²) in [5.74, 6) is -1.55. The Morgan fingerprint density at radius 1 is 1.31 bits per heavy atom. The molecule has 1 N–H and O–H groups in total. The molecule has 0 saturated carbocycles. The molecule has 0 bridgehead atoms. The van der Waals surface area contributed by atoms with E-state index < -0.39 is 17.2 Å². The van der Waals surface area contributed by atoms with Crippen LogP contribution in [0.25, 0.3) is 0 Å². The molecular formula is C9H12NO6-. The quantitative estimate of drug-likeness (QED) is 0.321. The molecule has 7 nitrogen and oxygen atoms in total. The third kappa shape index (κ3) is 8.73. The first kappa shape index (κ1) is 14.1. The molecule has 0 aromatic carbocycles. The third-order valence-electron chi connectivity index (χ3n) is 1.08. The Bertz CT molecular complexity index is 294. The van der Waals surface area contributed by atoms with E-state index >= 15 is 0 Å². The summed E-state index contributed by atoms with van der Waals surface area (Å²) in [6, 6.07) is 0. The maximum absolute atomic E-state index is 10.9. The highest BCUT2D eigenvalue weighted by atomic mass is 16.8. The summed E-state index contributed by atoms with van der Waals surface area (Å²) in [6.07, 6.45) is 2.69. The van der Waals surface area contributed by atoms with Gasteiger partial charge in [-0.25, -0.2) is 9.59 Å². The maximum atomic E-state index is 10.9. The second-order valence-corrected chi connectivity index (χ2v) is 2.84. The Hall–Kier alpha value is -1.86. The molecule has 0 amide bonds. The van der Waals surface area contributed by atoms with Gasteiger partial charge >= 0.3 is 11.9 Å². The van der Waals surface area contributed by atoms with E-state index in [1.807, 2.05) is 0 Å². The second-order valence-electron chi connectivity index (χ2n) is 2.84. The molecule has 0 rings (SSSR count). The number of ether oxygens (including phenoxy) is 2. The summed E-state index contributed by atoms with van der Waals surface area (Å²) in [7, 11) is 0. The van der Waals surface area contributed by atoms with Gasteiger partial charge in [0.1, 0.15) is 6.26 Å². The van der Waals surface area contributed by atoms with Crippen molar-refractivity contribution in [2.24, 2.45) is 0 Å². The molecular weight excluding hydrogens is 218 g/mol. The van der Waals surface area contributed by atoms with Gasteiger partial charge in [0.2, 0.25) is 0 Å². The average Bonchev–Trinajstić information content (AvgIpc) is 2.13. The third-order valence-corrected chi connectivity index (χ3v) is 1.08. The monoisotopic (exact) mass is 230 g/mol. The lowest BCUT2D eigenvalue weighted by Crippen LogP contribution is -2.09. The van der Waals surface area contributed by atoms with Crippen LogP contribution >= 0.6 is 0 Å². The van der Waals surface area contributed by atoms with E-state index in [1.165, 1.54) is 0 Å². The minimum absolute atomic E-state index is 0.281. The zero-order chi connectivity index (χ0) is 12.6. The lowest BCUT2D eigenvalue weighted by molar-refractivity contribution is -0.142. The number of rotatable bonds is 5. The van der Waals surface area contributed by atoms with Gasteiger partial charge in [-0.15, -0.1) is 0 Å². The number of nitrogens with zero attached hydrogens (tertiary/aromatic N) is 1. The molecule has 16 heavy (non-hydrogen) atoms. The van der Waals surface area contributed by atoms with E-state index in [-0.39, 0.29) is 6.10 Å². The Kier molecular flexibility index (Phi) is 6.57. The minimum Gasteiger partial charge on any atom is -0.734 e. The van der Waals surface area contributed by atoms with Crippen LogP contribution in [0, 0.1) is 5.21 Å². The molecule has 0 atom stereocenters. The van der Waals surface area contributed by atoms with Crippen molar-refractivity contribution in [2.75, 3.05) is 0 Å². The number of hydrogen-bond acceptors (Lipinski definition) is 7. The van der Waals surface area contributed by atoms with Crippen molar-refractivity contribution < 1.29 is 24.3 Å². The van der Waals surface area contributed by atoms with Gasteiger partial charge in [-0.05, 0) is 13.8 Å². The number of hydroxylamine groups is 2. The summed E-state index contributed by atoms with van der Waals surface area (Å²) in [5.41, 5.74) is 0. The molecule has 0 unspecified atom stereocenters. The van der Waals surface area contributed by atoms with Crippen LogP contribution in [0.4, 0.5) is 0 Å². The fourth-order valence-electron chi connectivity index (χ4n) is 0.597. The molecule has 0 spiro atoms. The van der Waals surface area contributed by atoms with Gasteiger partial charge in [0, 0.05) is 18.4 Å². The second kappa shape index (κ2) is 7.43. The molecule has 0 radical (unpaired) electrons. The lowest BCUT2D eigenvalue weighted by Gasteiger charge is -2.13. The molecule has 0 aliphatic carbocycles. The summed E-state index contributed by atoms with van der Waals surface area (Å²) in [4.78, 5) is 21.8. The topological polar surface area (TPSA) is 99.1 Å². The highest BCUT2D eigenvalue weighted by Gasteiger charge is 2.01. The van der Waals surface area contributed by atoms with Crippen molar-refractivity contribution in [1.82, 2.24) is 5.23 Å². The molecule has 0 heterocycles. The van der Waals surface area contributed by atoms with E-state index in [9.17, 15) is 14.8 Å². The zero-order valence-electron chi connectivity index (χ0n) is 8.82. The SMILES string of the molecule is CC(C)OC(=O)/C=C/C(=O)O/C=C/N([O-])O. The van der Waals surface area contributed by atoms with Crippen LogP contribution in [0.5, 0.6) is 0 Å². The first-order valence-electron chi connectivity index (χ1n) is 4.33. The largest absolute Gasteiger partial charge is 0.734 e. The molecule has 90 valence electrons. The molecule has 7 heteroatoms. The van der Waals surface area contributed by atoms with Crippen LogP contribution in [0.1, 0.15) is 13.8 Å². The van der Waals surface area contributed by atoms with Crippen molar-refractivity contribution in [1.29, 1.82) is 0 Å². The zero-order valence-corrected chi connectivity index (χ0v) is 8.82. The molecule has 0 aliphatic heterocycles. The first-order valence-corrected chi connectivity index (χ1v) is 4.33.